The van der Waals surface area contributed by atoms with E-state index in [1.165, 1.54) is 0 Å². The quantitative estimate of drug-likeness (QED) is 0.302. The molecule has 0 aromatic rings. The van der Waals surface area contributed by atoms with E-state index >= 15 is 0 Å². The molecule has 4 saturated carbocycles. The number of esters is 1. The zero-order valence-electron chi connectivity index (χ0n) is 20.6. The molecule has 4 rings (SSSR count). The van der Waals surface area contributed by atoms with Gasteiger partial charge >= 0.3 is 5.97 Å². The van der Waals surface area contributed by atoms with Gasteiger partial charge in [0, 0.05) is 43.4 Å². The van der Waals surface area contributed by atoms with Gasteiger partial charge in [0.2, 0.25) is 0 Å². The average molecular weight is 457 g/mol. The van der Waals surface area contributed by atoms with E-state index in [1.54, 1.807) is 6.08 Å². The Bertz CT molecular complexity index is 845. The summed E-state index contributed by atoms with van der Waals surface area (Å²) in [5.41, 5.74) is -0.570. The van der Waals surface area contributed by atoms with Crippen LogP contribution in [0.2, 0.25) is 0 Å². The Hall–Kier alpha value is -1.78. The van der Waals surface area contributed by atoms with Crippen LogP contribution in [0.15, 0.2) is 12.7 Å². The van der Waals surface area contributed by atoms with Crippen molar-refractivity contribution in [2.24, 2.45) is 46.3 Å². The van der Waals surface area contributed by atoms with Crippen molar-refractivity contribution in [1.82, 2.24) is 0 Å². The zero-order chi connectivity index (χ0) is 24.0. The molecule has 0 radical (unpaired) electrons. The molecule has 1 unspecified atom stereocenters. The smallest absolute Gasteiger partial charge is 0.305 e. The first kappa shape index (κ1) is 24.3. The maximum absolute atomic E-state index is 13.8. The molecule has 0 bridgehead atoms. The summed E-state index contributed by atoms with van der Waals surface area (Å²) in [6.07, 6.45) is 8.18. The minimum Gasteiger partial charge on any atom is -0.465 e. The predicted molar refractivity (Wildman–Crippen MR) is 125 cm³/mol. The Morgan fingerprint density at radius 2 is 1.91 bits per heavy atom. The van der Waals surface area contributed by atoms with Gasteiger partial charge in [0.25, 0.3) is 0 Å². The Labute approximate surface area is 198 Å². The fraction of sp³-hybridized carbons (Fsp3) is 0.786. The highest BCUT2D eigenvalue weighted by molar-refractivity contribution is 5.93. The van der Waals surface area contributed by atoms with Gasteiger partial charge in [-0.05, 0) is 67.1 Å². The molecule has 182 valence electrons. The molecule has 0 amide bonds. The number of Topliss-reactive ketones (excluding diaryl/α,β-unsaturated/α-hetero) is 3. The molecule has 0 heterocycles. The van der Waals surface area contributed by atoms with Crippen molar-refractivity contribution in [1.29, 1.82) is 0 Å². The number of ether oxygens (including phenoxy) is 1. The normalized spacial score (nSPS) is 41.1. The van der Waals surface area contributed by atoms with E-state index in [2.05, 4.69) is 27.4 Å². The highest BCUT2D eigenvalue weighted by atomic mass is 16.5. The molecule has 0 spiro atoms. The first-order valence-corrected chi connectivity index (χ1v) is 13.0. The first-order valence-electron chi connectivity index (χ1n) is 13.0. The lowest BCUT2D eigenvalue weighted by atomic mass is 9.44. The van der Waals surface area contributed by atoms with Crippen LogP contribution in [0.4, 0.5) is 0 Å². The van der Waals surface area contributed by atoms with E-state index in [4.69, 9.17) is 4.74 Å². The summed E-state index contributed by atoms with van der Waals surface area (Å²) in [7, 11) is 0. The van der Waals surface area contributed by atoms with Gasteiger partial charge in [0.15, 0.2) is 0 Å². The minimum atomic E-state index is -0.489. The summed E-state index contributed by atoms with van der Waals surface area (Å²) in [5, 5.41) is 0. The number of hydrogen-bond donors (Lipinski definition) is 0. The van der Waals surface area contributed by atoms with Crippen LogP contribution in [0.1, 0.15) is 85.0 Å². The fourth-order valence-corrected chi connectivity index (χ4v) is 8.26. The molecular weight excluding hydrogens is 416 g/mol. The van der Waals surface area contributed by atoms with E-state index in [1.807, 2.05) is 0 Å². The Morgan fingerprint density at radius 3 is 2.64 bits per heavy atom. The van der Waals surface area contributed by atoms with Crippen molar-refractivity contribution in [2.45, 2.75) is 85.0 Å². The van der Waals surface area contributed by atoms with Gasteiger partial charge in [-0.1, -0.05) is 26.8 Å². The molecule has 0 aromatic heterocycles. The van der Waals surface area contributed by atoms with E-state index in [-0.39, 0.29) is 52.7 Å². The van der Waals surface area contributed by atoms with E-state index < -0.39 is 5.41 Å². The lowest BCUT2D eigenvalue weighted by molar-refractivity contribution is -0.166. The summed E-state index contributed by atoms with van der Waals surface area (Å²) in [6.45, 7) is 10.5. The van der Waals surface area contributed by atoms with Gasteiger partial charge in [-0.2, -0.15) is 0 Å². The fourth-order valence-electron chi connectivity index (χ4n) is 8.26. The van der Waals surface area contributed by atoms with Crippen molar-refractivity contribution in [3.05, 3.63) is 12.7 Å². The van der Waals surface area contributed by atoms with E-state index in [9.17, 15) is 19.2 Å². The SMILES string of the molecule is C=CCCOC(=O)CC[C@@H](C)[C@H]1CC[C@H]2[C@@H]3C(=O)CC4CC(=O)CC[C@]4(C)[C@H]3CC(=O)[C@]12C. The number of hydrogen-bond acceptors (Lipinski definition) is 5. The number of rotatable bonds is 7. The second-order valence-electron chi connectivity index (χ2n) is 11.8. The van der Waals surface area contributed by atoms with E-state index in [0.717, 1.165) is 19.3 Å². The number of ketones is 3. The Morgan fingerprint density at radius 1 is 1.15 bits per heavy atom. The molecule has 5 nitrogen and oxygen atoms in total. The maximum atomic E-state index is 13.8. The van der Waals surface area contributed by atoms with Crippen LogP contribution in [0.3, 0.4) is 0 Å². The van der Waals surface area contributed by atoms with Gasteiger partial charge < -0.3 is 4.74 Å². The number of fused-ring (bicyclic) bond motifs is 5. The van der Waals surface area contributed by atoms with Crippen LogP contribution in [-0.4, -0.2) is 29.9 Å². The third-order valence-electron chi connectivity index (χ3n) is 10.3. The molecule has 33 heavy (non-hydrogen) atoms. The molecule has 0 saturated heterocycles. The lowest BCUT2D eigenvalue weighted by Gasteiger charge is -2.58. The number of carbonyl (C=O) groups excluding carboxylic acids is 4. The highest BCUT2D eigenvalue weighted by Gasteiger charge is 2.66. The molecule has 4 aliphatic rings. The van der Waals surface area contributed by atoms with Crippen molar-refractivity contribution >= 4 is 23.3 Å². The first-order chi connectivity index (χ1) is 15.6. The van der Waals surface area contributed by atoms with Crippen LogP contribution < -0.4 is 0 Å². The maximum Gasteiger partial charge on any atom is 0.305 e. The van der Waals surface area contributed by atoms with Gasteiger partial charge in [-0.15, -0.1) is 6.58 Å². The Kier molecular flexibility index (Phi) is 6.72. The predicted octanol–water partition coefficient (Wildman–Crippen LogP) is 5.11. The summed E-state index contributed by atoms with van der Waals surface area (Å²) in [4.78, 5) is 51.4. The minimum absolute atomic E-state index is 0.0526. The third kappa shape index (κ3) is 4.04. The second-order valence-corrected chi connectivity index (χ2v) is 11.8. The number of carbonyl (C=O) groups is 4. The molecule has 0 aromatic carbocycles. The van der Waals surface area contributed by atoms with E-state index in [0.29, 0.717) is 63.1 Å². The second kappa shape index (κ2) is 9.11. The van der Waals surface area contributed by atoms with Crippen molar-refractivity contribution in [3.63, 3.8) is 0 Å². The highest BCUT2D eigenvalue weighted by Crippen LogP contribution is 2.66. The monoisotopic (exact) mass is 456 g/mol. The van der Waals surface area contributed by atoms with Crippen molar-refractivity contribution in [3.8, 4) is 0 Å². The zero-order valence-corrected chi connectivity index (χ0v) is 20.6. The molecule has 4 fully saturated rings. The average Bonchev–Trinajstić information content (AvgIpc) is 3.13. The third-order valence-corrected chi connectivity index (χ3v) is 10.3. The molecule has 4 aliphatic carbocycles. The van der Waals surface area contributed by atoms with Gasteiger partial charge in [0.1, 0.15) is 17.3 Å². The molecule has 0 N–H and O–H groups in total. The van der Waals surface area contributed by atoms with Crippen LogP contribution in [0, 0.1) is 46.3 Å². The van der Waals surface area contributed by atoms with Gasteiger partial charge in [-0.25, -0.2) is 0 Å². The van der Waals surface area contributed by atoms with Crippen LogP contribution in [0.5, 0.6) is 0 Å². The molecular formula is C28H40O5. The largest absolute Gasteiger partial charge is 0.465 e. The van der Waals surface area contributed by atoms with Crippen molar-refractivity contribution < 1.29 is 23.9 Å². The summed E-state index contributed by atoms with van der Waals surface area (Å²) >= 11 is 0. The van der Waals surface area contributed by atoms with Crippen LogP contribution in [0.25, 0.3) is 0 Å². The van der Waals surface area contributed by atoms with Crippen LogP contribution in [-0.2, 0) is 23.9 Å². The summed E-state index contributed by atoms with van der Waals surface area (Å²) in [5.74, 6) is 1.33. The molecule has 0 aliphatic heterocycles. The standard InChI is InChI=1S/C28H40O5/c1-5-6-13-33-25(32)10-7-17(2)20-8-9-21-26-22(16-24(31)28(20,21)4)27(3)12-11-19(29)14-18(27)15-23(26)30/h5,17-18,20-22,26H,1,6-16H2,2-4H3/t17-,18?,20-,21+,22+,26+,27+,28-/m1/s1. The molecule has 8 atom stereocenters. The topological polar surface area (TPSA) is 77.5 Å². The van der Waals surface area contributed by atoms with Gasteiger partial charge in [0.05, 0.1) is 6.61 Å². The molecule has 5 heteroatoms. The lowest BCUT2D eigenvalue weighted by Crippen LogP contribution is -2.60. The Balaban J connectivity index is 1.49. The van der Waals surface area contributed by atoms with Crippen LogP contribution >= 0.6 is 0 Å². The van der Waals surface area contributed by atoms with Gasteiger partial charge in [-0.3, -0.25) is 19.2 Å². The van der Waals surface area contributed by atoms with Crippen molar-refractivity contribution in [2.75, 3.05) is 6.61 Å². The summed E-state index contributed by atoms with van der Waals surface area (Å²) in [6, 6.07) is 0. The summed E-state index contributed by atoms with van der Waals surface area (Å²) < 4.78 is 5.26.